The molecule has 0 aliphatic rings. The number of phenolic OH excluding ortho intramolecular Hbond substituents is 1. The quantitative estimate of drug-likeness (QED) is 0.345. The molecule has 28 heavy (non-hydrogen) atoms. The average molecular weight is 400 g/mol. The zero-order valence-electron chi connectivity index (χ0n) is 19.3. The van der Waals surface area contributed by atoms with Crippen LogP contribution in [0.15, 0.2) is 30.6 Å². The van der Waals surface area contributed by atoms with Crippen LogP contribution in [0.25, 0.3) is 0 Å². The molecule has 0 radical (unpaired) electrons. The van der Waals surface area contributed by atoms with Gasteiger partial charge in [-0.15, -0.1) is 0 Å². The lowest BCUT2D eigenvalue weighted by Gasteiger charge is -2.44. The van der Waals surface area contributed by atoms with Crippen LogP contribution in [-0.4, -0.2) is 17.6 Å². The highest BCUT2D eigenvalue weighted by Crippen LogP contribution is 2.42. The van der Waals surface area contributed by atoms with Gasteiger partial charge in [-0.05, 0) is 96.9 Å². The summed E-state index contributed by atoms with van der Waals surface area (Å²) >= 11 is 0. The Hall–Kier alpha value is -1.48. The van der Waals surface area contributed by atoms with E-state index in [4.69, 9.17) is 0 Å². The molecule has 1 aromatic carbocycles. The first-order valence-corrected chi connectivity index (χ1v) is 13.2. The summed E-state index contributed by atoms with van der Waals surface area (Å²) in [7, 11) is -1.61. The van der Waals surface area contributed by atoms with Gasteiger partial charge in [0.25, 0.3) is 0 Å². The second-order valence-corrected chi connectivity index (χ2v) is 15.3. The van der Waals surface area contributed by atoms with Gasteiger partial charge in [0.1, 0.15) is 5.75 Å². The van der Waals surface area contributed by atoms with Gasteiger partial charge in [0.2, 0.25) is 0 Å². The second-order valence-electron chi connectivity index (χ2n) is 9.56. The molecule has 1 aromatic heterocycles. The van der Waals surface area contributed by atoms with Crippen LogP contribution >= 0.6 is 0 Å². The van der Waals surface area contributed by atoms with Crippen LogP contribution in [0.1, 0.15) is 76.6 Å². The minimum atomic E-state index is -1.61. The lowest BCUT2D eigenvalue weighted by Crippen LogP contribution is -2.51. The molecule has 1 heterocycles. The van der Waals surface area contributed by atoms with Crippen LogP contribution in [0.2, 0.25) is 16.6 Å². The number of rotatable bonds is 9. The Balaban J connectivity index is 2.01. The van der Waals surface area contributed by atoms with E-state index in [0.29, 0.717) is 5.75 Å². The van der Waals surface area contributed by atoms with E-state index in [2.05, 4.69) is 76.4 Å². The fourth-order valence-corrected chi connectivity index (χ4v) is 12.1. The number of phenols is 1. The lowest BCUT2D eigenvalue weighted by molar-refractivity contribution is 0.466. The lowest BCUT2D eigenvalue weighted by atomic mass is 10.0. The van der Waals surface area contributed by atoms with Crippen molar-refractivity contribution in [1.29, 1.82) is 0 Å². The maximum absolute atomic E-state index is 9.94. The van der Waals surface area contributed by atoms with Gasteiger partial charge in [0, 0.05) is 0 Å². The van der Waals surface area contributed by atoms with Crippen molar-refractivity contribution in [3.63, 3.8) is 0 Å². The van der Waals surface area contributed by atoms with E-state index in [-0.39, 0.29) is 0 Å². The van der Waals surface area contributed by atoms with Crippen LogP contribution in [0.3, 0.4) is 0 Å². The molecular weight excluding hydrogens is 358 g/mol. The third-order valence-electron chi connectivity index (χ3n) is 6.71. The minimum Gasteiger partial charge on any atom is -0.507 e. The van der Waals surface area contributed by atoms with Crippen molar-refractivity contribution in [3.8, 4) is 5.75 Å². The minimum absolute atomic E-state index is 0.443. The first-order valence-electron chi connectivity index (χ1n) is 11.1. The second kappa shape index (κ2) is 9.34. The Morgan fingerprint density at radius 1 is 0.821 bits per heavy atom. The molecule has 0 saturated carbocycles. The van der Waals surface area contributed by atoms with E-state index < -0.39 is 8.24 Å². The highest BCUT2D eigenvalue weighted by molar-refractivity contribution is 6.82. The Kier molecular flexibility index (Phi) is 7.61. The predicted molar refractivity (Wildman–Crippen MR) is 125 cm³/mol. The van der Waals surface area contributed by atoms with Gasteiger partial charge in [0.05, 0.1) is 0 Å². The molecular formula is C25H41NOSi. The number of hydrogen-bond acceptors (Lipinski definition) is 1. The SMILES string of the molecule is Cc1cc(CCCCc2ccn([Si](C(C)C)(C(C)C)C(C)C)c2)cc(C)c1O. The molecule has 156 valence electrons. The zero-order valence-corrected chi connectivity index (χ0v) is 20.3. The third-order valence-corrected chi connectivity index (χ3v) is 13.4. The molecule has 0 fully saturated rings. The molecule has 2 nitrogen and oxygen atoms in total. The Labute approximate surface area is 174 Å². The molecule has 0 aliphatic heterocycles. The largest absolute Gasteiger partial charge is 0.507 e. The van der Waals surface area contributed by atoms with Crippen LogP contribution in [-0.2, 0) is 12.8 Å². The summed E-state index contributed by atoms with van der Waals surface area (Å²) in [6.45, 7) is 18.5. The molecule has 0 amide bonds. The first kappa shape index (κ1) is 22.8. The maximum atomic E-state index is 9.94. The van der Waals surface area contributed by atoms with Crippen LogP contribution < -0.4 is 0 Å². The van der Waals surface area contributed by atoms with Gasteiger partial charge >= 0.3 is 0 Å². The van der Waals surface area contributed by atoms with E-state index in [1.54, 1.807) is 0 Å². The van der Waals surface area contributed by atoms with Gasteiger partial charge in [-0.1, -0.05) is 53.7 Å². The Bertz CT molecular complexity index is 728. The molecule has 3 heteroatoms. The first-order chi connectivity index (χ1) is 13.1. The monoisotopic (exact) mass is 399 g/mol. The molecule has 0 atom stereocenters. The summed E-state index contributed by atoms with van der Waals surface area (Å²) in [6.07, 6.45) is 9.47. The van der Waals surface area contributed by atoms with Crippen molar-refractivity contribution in [2.45, 2.75) is 97.7 Å². The summed E-state index contributed by atoms with van der Waals surface area (Å²) < 4.78 is 2.65. The van der Waals surface area contributed by atoms with Crippen LogP contribution in [0, 0.1) is 13.8 Å². The molecule has 1 N–H and O–H groups in total. The summed E-state index contributed by atoms with van der Waals surface area (Å²) in [5, 5.41) is 9.94. The maximum Gasteiger partial charge on any atom is 0.168 e. The third kappa shape index (κ3) is 4.56. The fourth-order valence-electron chi connectivity index (χ4n) is 5.57. The molecule has 2 rings (SSSR count). The summed E-state index contributed by atoms with van der Waals surface area (Å²) in [5.41, 5.74) is 7.00. The highest BCUT2D eigenvalue weighted by atomic mass is 28.3. The Morgan fingerprint density at radius 2 is 1.29 bits per heavy atom. The number of hydrogen-bond donors (Lipinski definition) is 1. The van der Waals surface area contributed by atoms with E-state index in [1.807, 2.05) is 13.8 Å². The molecule has 0 spiro atoms. The molecule has 2 aromatic rings. The standard InChI is InChI=1S/C25H41NOSi/c1-18(2)28(19(3)4,20(5)6)26-14-13-23(17-26)11-9-10-12-24-15-21(7)25(27)22(8)16-24/h13-20,27H,9-12H2,1-8H3. The fraction of sp³-hybridized carbons (Fsp3) is 0.600. The zero-order chi connectivity index (χ0) is 21.1. The molecule has 0 aliphatic carbocycles. The molecule has 0 unspecified atom stereocenters. The summed E-state index contributed by atoms with van der Waals surface area (Å²) in [6, 6.07) is 6.61. The number of unbranched alkanes of at least 4 members (excludes halogenated alkanes) is 1. The van der Waals surface area contributed by atoms with Crippen molar-refractivity contribution in [2.75, 3.05) is 0 Å². The number of nitrogens with zero attached hydrogens (tertiary/aromatic N) is 1. The van der Waals surface area contributed by atoms with E-state index in [1.165, 1.54) is 24.0 Å². The van der Waals surface area contributed by atoms with E-state index in [9.17, 15) is 5.11 Å². The summed E-state index contributed by atoms with van der Waals surface area (Å²) in [5.74, 6) is 0.443. The Morgan fingerprint density at radius 3 is 1.75 bits per heavy atom. The molecule has 0 saturated heterocycles. The van der Waals surface area contributed by atoms with Crippen LogP contribution in [0.5, 0.6) is 5.75 Å². The number of benzene rings is 1. The summed E-state index contributed by atoms with van der Waals surface area (Å²) in [4.78, 5) is 0. The van der Waals surface area contributed by atoms with Crippen molar-refractivity contribution < 1.29 is 5.11 Å². The van der Waals surface area contributed by atoms with Gasteiger partial charge in [-0.2, -0.15) is 0 Å². The average Bonchev–Trinajstić information content (AvgIpc) is 3.05. The predicted octanol–water partition coefficient (Wildman–Crippen LogP) is 7.40. The van der Waals surface area contributed by atoms with Crippen molar-refractivity contribution in [3.05, 3.63) is 52.8 Å². The van der Waals surface area contributed by atoms with Gasteiger partial charge in [-0.3, -0.25) is 0 Å². The molecule has 0 bridgehead atoms. The number of aromatic hydroxyl groups is 1. The highest BCUT2D eigenvalue weighted by Gasteiger charge is 2.44. The van der Waals surface area contributed by atoms with Gasteiger partial charge in [0.15, 0.2) is 8.24 Å². The number of aryl methyl sites for hydroxylation is 4. The normalized spacial score (nSPS) is 12.5. The van der Waals surface area contributed by atoms with Gasteiger partial charge < -0.3 is 9.34 Å². The number of aromatic nitrogens is 1. The van der Waals surface area contributed by atoms with E-state index >= 15 is 0 Å². The topological polar surface area (TPSA) is 25.2 Å². The van der Waals surface area contributed by atoms with Crippen molar-refractivity contribution >= 4 is 8.24 Å². The van der Waals surface area contributed by atoms with Crippen LogP contribution in [0.4, 0.5) is 0 Å². The van der Waals surface area contributed by atoms with E-state index in [0.717, 1.165) is 40.6 Å². The van der Waals surface area contributed by atoms with Crippen molar-refractivity contribution in [1.82, 2.24) is 4.23 Å². The smallest absolute Gasteiger partial charge is 0.168 e. The van der Waals surface area contributed by atoms with Crippen molar-refractivity contribution in [2.24, 2.45) is 0 Å². The van der Waals surface area contributed by atoms with Gasteiger partial charge in [-0.25, -0.2) is 0 Å².